The van der Waals surface area contributed by atoms with Crippen molar-refractivity contribution in [3.8, 4) is 11.4 Å². The van der Waals surface area contributed by atoms with Crippen molar-refractivity contribution in [1.29, 1.82) is 0 Å². The number of aryl methyl sites for hydroxylation is 2. The van der Waals surface area contributed by atoms with Crippen LogP contribution in [0.2, 0.25) is 0 Å². The van der Waals surface area contributed by atoms with Crippen molar-refractivity contribution in [2.75, 3.05) is 13.1 Å². The molecule has 1 unspecified atom stereocenters. The predicted octanol–water partition coefficient (Wildman–Crippen LogP) is 4.87. The van der Waals surface area contributed by atoms with Crippen LogP contribution in [-0.2, 0) is 6.42 Å². The molecule has 4 rings (SSSR count). The number of carbonyl (C=O) groups is 1. The van der Waals surface area contributed by atoms with Gasteiger partial charge in [0.2, 0.25) is 0 Å². The van der Waals surface area contributed by atoms with Crippen LogP contribution in [-0.4, -0.2) is 33.9 Å². The summed E-state index contributed by atoms with van der Waals surface area (Å²) in [5, 5.41) is 0. The third-order valence-electron chi connectivity index (χ3n) is 5.80. The highest BCUT2D eigenvalue weighted by Gasteiger charge is 2.26. The van der Waals surface area contributed by atoms with E-state index in [1.54, 1.807) is 12.4 Å². The monoisotopic (exact) mass is 373 g/mol. The normalized spacial score (nSPS) is 16.9. The summed E-state index contributed by atoms with van der Waals surface area (Å²) in [4.78, 5) is 22.8. The molecule has 28 heavy (non-hydrogen) atoms. The highest BCUT2D eigenvalue weighted by molar-refractivity contribution is 6.00. The third kappa shape index (κ3) is 4.01. The summed E-state index contributed by atoms with van der Waals surface area (Å²) in [5.74, 6) is 1.43. The van der Waals surface area contributed by atoms with E-state index in [9.17, 15) is 4.79 Å². The van der Waals surface area contributed by atoms with Crippen LogP contribution in [0.1, 0.15) is 40.7 Å². The van der Waals surface area contributed by atoms with E-state index < -0.39 is 0 Å². The summed E-state index contributed by atoms with van der Waals surface area (Å²) in [6.45, 7) is 3.86. The maximum atomic E-state index is 13.3. The van der Waals surface area contributed by atoms with Crippen LogP contribution in [0.5, 0.6) is 0 Å². The SMILES string of the molecule is Cc1ccccc1CCC1CCCN(C(=O)c2ccccc2-c2ncc[nH]2)C1. The fourth-order valence-electron chi connectivity index (χ4n) is 4.19. The molecule has 1 aromatic heterocycles. The van der Waals surface area contributed by atoms with Gasteiger partial charge in [-0.05, 0) is 55.7 Å². The molecule has 1 N–H and O–H groups in total. The number of aromatic nitrogens is 2. The van der Waals surface area contributed by atoms with Crippen molar-refractivity contribution in [2.45, 2.75) is 32.6 Å². The molecule has 2 heterocycles. The minimum atomic E-state index is 0.118. The minimum Gasteiger partial charge on any atom is -0.345 e. The number of amides is 1. The highest BCUT2D eigenvalue weighted by Crippen LogP contribution is 2.26. The lowest BCUT2D eigenvalue weighted by molar-refractivity contribution is 0.0669. The third-order valence-corrected chi connectivity index (χ3v) is 5.80. The maximum Gasteiger partial charge on any atom is 0.254 e. The fourth-order valence-corrected chi connectivity index (χ4v) is 4.19. The number of nitrogens with zero attached hydrogens (tertiary/aromatic N) is 2. The van der Waals surface area contributed by atoms with Crippen LogP contribution in [0, 0.1) is 12.8 Å². The van der Waals surface area contributed by atoms with E-state index in [0.717, 1.165) is 49.3 Å². The summed E-state index contributed by atoms with van der Waals surface area (Å²) in [6.07, 6.45) is 8.01. The molecule has 4 nitrogen and oxygen atoms in total. The van der Waals surface area contributed by atoms with Crippen LogP contribution in [0.3, 0.4) is 0 Å². The van der Waals surface area contributed by atoms with Gasteiger partial charge >= 0.3 is 0 Å². The summed E-state index contributed by atoms with van der Waals surface area (Å²) < 4.78 is 0. The number of benzene rings is 2. The number of aromatic amines is 1. The van der Waals surface area contributed by atoms with Gasteiger partial charge in [0, 0.05) is 31.0 Å². The Bertz CT molecular complexity index is 933. The van der Waals surface area contributed by atoms with E-state index in [2.05, 4.69) is 41.2 Å². The van der Waals surface area contributed by atoms with Gasteiger partial charge in [0.1, 0.15) is 5.82 Å². The molecule has 1 amide bonds. The number of nitrogens with one attached hydrogen (secondary N) is 1. The smallest absolute Gasteiger partial charge is 0.254 e. The largest absolute Gasteiger partial charge is 0.345 e. The van der Waals surface area contributed by atoms with Crippen LogP contribution in [0.4, 0.5) is 0 Å². The van der Waals surface area contributed by atoms with Gasteiger partial charge in [0.05, 0.1) is 5.56 Å². The van der Waals surface area contributed by atoms with Gasteiger partial charge in [0.15, 0.2) is 0 Å². The first kappa shape index (κ1) is 18.5. The standard InChI is InChI=1S/C24H27N3O/c1-18-7-2-3-9-20(18)13-12-19-8-6-16-27(17-19)24(28)22-11-5-4-10-21(22)23-25-14-15-26-23/h2-5,7,9-11,14-15,19H,6,8,12-13,16-17H2,1H3,(H,25,26). The molecule has 1 aliphatic rings. The number of rotatable bonds is 5. The molecular formula is C24H27N3O. The van der Waals surface area contributed by atoms with E-state index >= 15 is 0 Å². The van der Waals surface area contributed by atoms with Crippen LogP contribution >= 0.6 is 0 Å². The average molecular weight is 374 g/mol. The predicted molar refractivity (Wildman–Crippen MR) is 112 cm³/mol. The Balaban J connectivity index is 1.45. The average Bonchev–Trinajstić information content (AvgIpc) is 3.28. The van der Waals surface area contributed by atoms with Crippen molar-refractivity contribution in [3.05, 3.63) is 77.6 Å². The Morgan fingerprint density at radius 2 is 2.00 bits per heavy atom. The molecule has 2 aromatic carbocycles. The molecule has 144 valence electrons. The molecule has 1 aliphatic heterocycles. The van der Waals surface area contributed by atoms with Crippen molar-refractivity contribution < 1.29 is 4.79 Å². The Morgan fingerprint density at radius 1 is 1.18 bits per heavy atom. The molecule has 1 saturated heterocycles. The Hall–Kier alpha value is -2.88. The molecule has 1 atom stereocenters. The first-order valence-corrected chi connectivity index (χ1v) is 10.1. The van der Waals surface area contributed by atoms with Gasteiger partial charge in [-0.25, -0.2) is 4.98 Å². The molecule has 0 spiro atoms. The Labute approximate surface area is 166 Å². The van der Waals surface area contributed by atoms with E-state index in [1.165, 1.54) is 17.5 Å². The van der Waals surface area contributed by atoms with Gasteiger partial charge < -0.3 is 9.88 Å². The molecule has 0 aliphatic carbocycles. The second-order valence-corrected chi connectivity index (χ2v) is 7.71. The summed E-state index contributed by atoms with van der Waals surface area (Å²) in [5.41, 5.74) is 4.39. The second-order valence-electron chi connectivity index (χ2n) is 7.71. The van der Waals surface area contributed by atoms with Crippen molar-refractivity contribution in [2.24, 2.45) is 5.92 Å². The van der Waals surface area contributed by atoms with Crippen molar-refractivity contribution >= 4 is 5.91 Å². The second kappa shape index (κ2) is 8.42. The lowest BCUT2D eigenvalue weighted by Crippen LogP contribution is -2.40. The first-order chi connectivity index (χ1) is 13.7. The molecule has 0 radical (unpaired) electrons. The molecule has 0 bridgehead atoms. The quantitative estimate of drug-likeness (QED) is 0.694. The Morgan fingerprint density at radius 3 is 2.82 bits per heavy atom. The lowest BCUT2D eigenvalue weighted by atomic mass is 9.90. The molecule has 1 fully saturated rings. The molecule has 3 aromatic rings. The fraction of sp³-hybridized carbons (Fsp3) is 0.333. The molecule has 0 saturated carbocycles. The van der Waals surface area contributed by atoms with E-state index in [-0.39, 0.29) is 5.91 Å². The summed E-state index contributed by atoms with van der Waals surface area (Å²) in [7, 11) is 0. The zero-order valence-corrected chi connectivity index (χ0v) is 16.4. The van der Waals surface area contributed by atoms with Crippen molar-refractivity contribution in [1.82, 2.24) is 14.9 Å². The van der Waals surface area contributed by atoms with E-state index in [4.69, 9.17) is 0 Å². The number of carbonyl (C=O) groups excluding carboxylic acids is 1. The zero-order chi connectivity index (χ0) is 19.3. The van der Waals surface area contributed by atoms with Gasteiger partial charge in [-0.15, -0.1) is 0 Å². The van der Waals surface area contributed by atoms with E-state index in [0.29, 0.717) is 5.92 Å². The van der Waals surface area contributed by atoms with Gasteiger partial charge in [-0.1, -0.05) is 42.5 Å². The number of hydrogen-bond acceptors (Lipinski definition) is 2. The topological polar surface area (TPSA) is 49.0 Å². The summed E-state index contributed by atoms with van der Waals surface area (Å²) in [6, 6.07) is 16.4. The molecular weight excluding hydrogens is 346 g/mol. The van der Waals surface area contributed by atoms with Gasteiger partial charge in [-0.3, -0.25) is 4.79 Å². The number of piperidine rings is 1. The number of imidazole rings is 1. The first-order valence-electron chi connectivity index (χ1n) is 10.1. The van der Waals surface area contributed by atoms with E-state index in [1.807, 2.05) is 29.2 Å². The van der Waals surface area contributed by atoms with Crippen LogP contribution < -0.4 is 0 Å². The summed E-state index contributed by atoms with van der Waals surface area (Å²) >= 11 is 0. The highest BCUT2D eigenvalue weighted by atomic mass is 16.2. The van der Waals surface area contributed by atoms with Crippen molar-refractivity contribution in [3.63, 3.8) is 0 Å². The van der Waals surface area contributed by atoms with Crippen LogP contribution in [0.25, 0.3) is 11.4 Å². The number of H-pyrrole nitrogens is 1. The molecule has 4 heteroatoms. The Kier molecular flexibility index (Phi) is 5.56. The number of hydrogen-bond donors (Lipinski definition) is 1. The minimum absolute atomic E-state index is 0.118. The van der Waals surface area contributed by atoms with Gasteiger partial charge in [-0.2, -0.15) is 0 Å². The van der Waals surface area contributed by atoms with Crippen LogP contribution in [0.15, 0.2) is 60.9 Å². The zero-order valence-electron chi connectivity index (χ0n) is 16.4. The number of likely N-dealkylation sites (tertiary alicyclic amines) is 1. The lowest BCUT2D eigenvalue weighted by Gasteiger charge is -2.33. The van der Waals surface area contributed by atoms with Gasteiger partial charge in [0.25, 0.3) is 5.91 Å². The maximum absolute atomic E-state index is 13.3.